The fraction of sp³-hybridized carbons (Fsp3) is 0.0714. The van der Waals surface area contributed by atoms with Crippen molar-refractivity contribution in [2.24, 2.45) is 0 Å². The van der Waals surface area contributed by atoms with Gasteiger partial charge in [0.15, 0.2) is 5.82 Å². The lowest BCUT2D eigenvalue weighted by Crippen LogP contribution is -1.82. The van der Waals surface area contributed by atoms with E-state index in [-0.39, 0.29) is 0 Å². The van der Waals surface area contributed by atoms with Crippen molar-refractivity contribution in [2.45, 2.75) is 6.92 Å². The number of aryl methyl sites for hydroxylation is 1. The van der Waals surface area contributed by atoms with E-state index < -0.39 is 0 Å². The van der Waals surface area contributed by atoms with Gasteiger partial charge in [0.2, 0.25) is 0 Å². The fourth-order valence-electron chi connectivity index (χ4n) is 1.65. The van der Waals surface area contributed by atoms with Gasteiger partial charge in [0.25, 0.3) is 0 Å². The predicted molar refractivity (Wildman–Crippen MR) is 73.3 cm³/mol. The van der Waals surface area contributed by atoms with Crippen LogP contribution >= 0.6 is 11.5 Å². The topological polar surface area (TPSA) is 38.7 Å². The third-order valence-electron chi connectivity index (χ3n) is 2.64. The molecule has 3 nitrogen and oxygen atoms in total. The van der Waals surface area contributed by atoms with Gasteiger partial charge in [-0.25, -0.2) is 4.98 Å². The normalized spacial score (nSPS) is 10.5. The highest BCUT2D eigenvalue weighted by molar-refractivity contribution is 7.09. The van der Waals surface area contributed by atoms with Gasteiger partial charge in [0.05, 0.1) is 0 Å². The first-order chi connectivity index (χ1) is 8.83. The molecule has 0 radical (unpaired) electrons. The van der Waals surface area contributed by atoms with Crippen molar-refractivity contribution in [3.05, 3.63) is 54.4 Å². The van der Waals surface area contributed by atoms with Crippen LogP contribution in [0.5, 0.6) is 0 Å². The maximum atomic E-state index is 4.55. The first-order valence-corrected chi connectivity index (χ1v) is 6.41. The van der Waals surface area contributed by atoms with E-state index in [0.717, 1.165) is 22.0 Å². The molecule has 2 aromatic heterocycles. The van der Waals surface area contributed by atoms with Crippen LogP contribution in [0.15, 0.2) is 48.8 Å². The average Bonchev–Trinajstić information content (AvgIpc) is 2.90. The van der Waals surface area contributed by atoms with Crippen molar-refractivity contribution in [3.8, 4) is 22.0 Å². The largest absolute Gasteiger partial charge is 0.264 e. The van der Waals surface area contributed by atoms with Crippen molar-refractivity contribution in [3.63, 3.8) is 0 Å². The van der Waals surface area contributed by atoms with Gasteiger partial charge in [-0.1, -0.05) is 29.8 Å². The van der Waals surface area contributed by atoms with E-state index in [2.05, 4.69) is 45.5 Å². The second-order valence-corrected chi connectivity index (χ2v) is 4.78. The fourth-order valence-corrected chi connectivity index (χ4v) is 2.34. The number of benzene rings is 1. The third kappa shape index (κ3) is 2.15. The SMILES string of the molecule is Cc1ccc(-c2nc(-c3cccnc3)ns2)cc1. The molecule has 0 aliphatic heterocycles. The second kappa shape index (κ2) is 4.66. The molecule has 0 atom stereocenters. The van der Waals surface area contributed by atoms with Crippen LogP contribution in [-0.4, -0.2) is 14.3 Å². The zero-order chi connectivity index (χ0) is 12.4. The molecule has 0 spiro atoms. The standard InChI is InChI=1S/C14H11N3S/c1-10-4-6-11(7-5-10)14-16-13(17-18-14)12-3-2-8-15-9-12/h2-9H,1H3. The molecule has 0 N–H and O–H groups in total. The summed E-state index contributed by atoms with van der Waals surface area (Å²) in [6, 6.07) is 12.2. The molecule has 2 heterocycles. The number of nitrogens with zero attached hydrogens (tertiary/aromatic N) is 3. The molecular weight excluding hydrogens is 242 g/mol. The van der Waals surface area contributed by atoms with E-state index in [1.807, 2.05) is 12.1 Å². The smallest absolute Gasteiger partial charge is 0.174 e. The minimum atomic E-state index is 0.740. The van der Waals surface area contributed by atoms with Crippen LogP contribution in [0, 0.1) is 6.92 Å². The molecule has 0 saturated carbocycles. The van der Waals surface area contributed by atoms with Crippen LogP contribution in [0.3, 0.4) is 0 Å². The summed E-state index contributed by atoms with van der Waals surface area (Å²) in [5, 5.41) is 0.939. The third-order valence-corrected chi connectivity index (χ3v) is 3.41. The Labute approximate surface area is 109 Å². The van der Waals surface area contributed by atoms with Crippen LogP contribution in [0.1, 0.15) is 5.56 Å². The Morgan fingerprint density at radius 3 is 2.56 bits per heavy atom. The summed E-state index contributed by atoms with van der Waals surface area (Å²) in [4.78, 5) is 8.63. The van der Waals surface area contributed by atoms with Gasteiger partial charge in [-0.3, -0.25) is 4.98 Å². The van der Waals surface area contributed by atoms with E-state index in [0.29, 0.717) is 0 Å². The van der Waals surface area contributed by atoms with Crippen LogP contribution in [0.2, 0.25) is 0 Å². The zero-order valence-corrected chi connectivity index (χ0v) is 10.7. The molecule has 3 rings (SSSR count). The molecule has 0 saturated heterocycles. The van der Waals surface area contributed by atoms with Crippen LogP contribution < -0.4 is 0 Å². The van der Waals surface area contributed by atoms with Crippen molar-refractivity contribution in [2.75, 3.05) is 0 Å². The maximum Gasteiger partial charge on any atom is 0.174 e. The van der Waals surface area contributed by atoms with E-state index >= 15 is 0 Å². The lowest BCUT2D eigenvalue weighted by molar-refractivity contribution is 1.27. The molecular formula is C14H11N3S. The predicted octanol–water partition coefficient (Wildman–Crippen LogP) is 3.58. The number of aromatic nitrogens is 3. The highest BCUT2D eigenvalue weighted by atomic mass is 32.1. The Bertz CT molecular complexity index is 644. The first-order valence-electron chi connectivity index (χ1n) is 5.64. The monoisotopic (exact) mass is 253 g/mol. The molecule has 4 heteroatoms. The number of hydrogen-bond donors (Lipinski definition) is 0. The molecule has 0 aliphatic rings. The van der Waals surface area contributed by atoms with Crippen LogP contribution in [0.25, 0.3) is 22.0 Å². The minimum Gasteiger partial charge on any atom is -0.264 e. The van der Waals surface area contributed by atoms with Gasteiger partial charge in [-0.2, -0.15) is 4.37 Å². The maximum absolute atomic E-state index is 4.55. The van der Waals surface area contributed by atoms with Crippen molar-refractivity contribution in [1.29, 1.82) is 0 Å². The van der Waals surface area contributed by atoms with Crippen molar-refractivity contribution < 1.29 is 0 Å². The summed E-state index contributed by atoms with van der Waals surface area (Å²) in [5.74, 6) is 0.740. The Balaban J connectivity index is 1.97. The lowest BCUT2D eigenvalue weighted by Gasteiger charge is -1.96. The summed E-state index contributed by atoms with van der Waals surface area (Å²) < 4.78 is 4.38. The van der Waals surface area contributed by atoms with E-state index in [9.17, 15) is 0 Å². The van der Waals surface area contributed by atoms with Crippen molar-refractivity contribution in [1.82, 2.24) is 14.3 Å². The number of pyridine rings is 1. The molecule has 3 aromatic rings. The summed E-state index contributed by atoms with van der Waals surface area (Å²) in [6.07, 6.45) is 3.53. The Morgan fingerprint density at radius 2 is 1.83 bits per heavy atom. The van der Waals surface area contributed by atoms with Gasteiger partial charge >= 0.3 is 0 Å². The highest BCUT2D eigenvalue weighted by Gasteiger charge is 2.07. The Hall–Kier alpha value is -2.07. The van der Waals surface area contributed by atoms with Gasteiger partial charge in [0, 0.05) is 23.5 Å². The van der Waals surface area contributed by atoms with Crippen LogP contribution in [-0.2, 0) is 0 Å². The van der Waals surface area contributed by atoms with E-state index in [4.69, 9.17) is 0 Å². The first kappa shape index (κ1) is 11.0. The Morgan fingerprint density at radius 1 is 1.00 bits per heavy atom. The highest BCUT2D eigenvalue weighted by Crippen LogP contribution is 2.25. The van der Waals surface area contributed by atoms with E-state index in [1.54, 1.807) is 12.4 Å². The van der Waals surface area contributed by atoms with Crippen LogP contribution in [0.4, 0.5) is 0 Å². The summed E-state index contributed by atoms with van der Waals surface area (Å²) in [5.41, 5.74) is 3.30. The van der Waals surface area contributed by atoms with E-state index in [1.165, 1.54) is 17.1 Å². The molecule has 1 aromatic carbocycles. The summed E-state index contributed by atoms with van der Waals surface area (Å²) in [7, 11) is 0. The molecule has 0 unspecified atom stereocenters. The minimum absolute atomic E-state index is 0.740. The molecule has 18 heavy (non-hydrogen) atoms. The zero-order valence-electron chi connectivity index (χ0n) is 9.87. The molecule has 0 amide bonds. The van der Waals surface area contributed by atoms with Crippen molar-refractivity contribution >= 4 is 11.5 Å². The number of hydrogen-bond acceptors (Lipinski definition) is 4. The molecule has 88 valence electrons. The average molecular weight is 253 g/mol. The molecule has 0 aliphatic carbocycles. The van der Waals surface area contributed by atoms with Gasteiger partial charge in [-0.05, 0) is 30.6 Å². The summed E-state index contributed by atoms with van der Waals surface area (Å²) in [6.45, 7) is 2.07. The number of rotatable bonds is 2. The molecule has 0 fully saturated rings. The Kier molecular flexibility index (Phi) is 2.86. The quantitative estimate of drug-likeness (QED) is 0.700. The second-order valence-electron chi connectivity index (χ2n) is 4.03. The summed E-state index contributed by atoms with van der Waals surface area (Å²) >= 11 is 1.41. The van der Waals surface area contributed by atoms with Gasteiger partial charge in [-0.15, -0.1) is 0 Å². The molecule has 0 bridgehead atoms. The lowest BCUT2D eigenvalue weighted by atomic mass is 10.2. The van der Waals surface area contributed by atoms with Gasteiger partial charge in [0.1, 0.15) is 5.01 Å². The van der Waals surface area contributed by atoms with Gasteiger partial charge < -0.3 is 0 Å².